The van der Waals surface area contributed by atoms with E-state index >= 15 is 0 Å². The normalized spacial score (nSPS) is 15.0. The minimum absolute atomic E-state index is 0.115. The second-order valence-corrected chi connectivity index (χ2v) is 9.54. The first kappa shape index (κ1) is 23.4. The van der Waals surface area contributed by atoms with E-state index in [0.717, 1.165) is 31.9 Å². The fourth-order valence-electron chi connectivity index (χ4n) is 3.31. The van der Waals surface area contributed by atoms with Crippen LogP contribution in [0.4, 0.5) is 10.5 Å². The van der Waals surface area contributed by atoms with Crippen LogP contribution in [0, 0.1) is 0 Å². The molecule has 1 aliphatic rings. The van der Waals surface area contributed by atoms with Gasteiger partial charge in [-0.2, -0.15) is 0 Å². The molecule has 1 aliphatic carbocycles. The number of halogens is 1. The number of hydrogen-bond donors (Lipinski definition) is 3. The molecule has 162 valence electrons. The van der Waals surface area contributed by atoms with Gasteiger partial charge in [0.15, 0.2) is 0 Å². The van der Waals surface area contributed by atoms with E-state index in [1.807, 2.05) is 7.05 Å². The first-order valence-corrected chi connectivity index (χ1v) is 12.0. The Morgan fingerprint density at radius 3 is 2.48 bits per heavy atom. The lowest BCUT2D eigenvalue weighted by molar-refractivity contribution is 0.0696. The molecule has 0 aliphatic heterocycles. The van der Waals surface area contributed by atoms with Gasteiger partial charge in [0, 0.05) is 31.9 Å². The molecule has 1 saturated carbocycles. The smallest absolute Gasteiger partial charge is 0.319 e. The van der Waals surface area contributed by atoms with Gasteiger partial charge in [0.05, 0.1) is 16.8 Å². The fraction of sp³-hybridized carbons (Fsp3) is 0.579. The zero-order valence-electron chi connectivity index (χ0n) is 16.8. The van der Waals surface area contributed by atoms with Crippen LogP contribution in [0.2, 0.25) is 5.02 Å². The lowest BCUT2D eigenvalue weighted by Gasteiger charge is -2.31. The van der Waals surface area contributed by atoms with Crippen LogP contribution < -0.4 is 15.4 Å². The van der Waals surface area contributed by atoms with Gasteiger partial charge in [-0.1, -0.05) is 30.9 Å². The van der Waals surface area contributed by atoms with E-state index in [1.54, 1.807) is 23.1 Å². The van der Waals surface area contributed by atoms with Crippen LogP contribution in [0.1, 0.15) is 48.9 Å². The first-order chi connectivity index (χ1) is 13.7. The Labute approximate surface area is 177 Å². The van der Waals surface area contributed by atoms with Crippen molar-refractivity contribution >= 4 is 39.2 Å². The van der Waals surface area contributed by atoms with Crippen molar-refractivity contribution in [2.45, 2.75) is 44.6 Å². The molecule has 10 heteroatoms. The first-order valence-electron chi connectivity index (χ1n) is 9.73. The van der Waals surface area contributed by atoms with E-state index < -0.39 is 16.1 Å². The van der Waals surface area contributed by atoms with Gasteiger partial charge in [-0.3, -0.25) is 4.79 Å². The van der Waals surface area contributed by atoms with Crippen molar-refractivity contribution in [2.24, 2.45) is 0 Å². The summed E-state index contributed by atoms with van der Waals surface area (Å²) in [6.45, 7) is 0.557. The summed E-state index contributed by atoms with van der Waals surface area (Å²) in [6, 6.07) is 4.62. The van der Waals surface area contributed by atoms with Crippen molar-refractivity contribution < 1.29 is 18.0 Å². The van der Waals surface area contributed by atoms with Crippen molar-refractivity contribution in [3.63, 3.8) is 0 Å². The monoisotopic (exact) mass is 444 g/mol. The number of hydrogen-bond acceptors (Lipinski definition) is 4. The SMILES string of the molecule is CN(C(=O)c1ccc(NC(=O)NCCCNS(C)(=O)=O)cc1Cl)C1CCCCC1. The van der Waals surface area contributed by atoms with Gasteiger partial charge in [-0.15, -0.1) is 0 Å². The van der Waals surface area contributed by atoms with Gasteiger partial charge < -0.3 is 15.5 Å². The predicted molar refractivity (Wildman–Crippen MR) is 115 cm³/mol. The van der Waals surface area contributed by atoms with Crippen LogP contribution in [0.5, 0.6) is 0 Å². The summed E-state index contributed by atoms with van der Waals surface area (Å²) in [6.07, 6.45) is 7.06. The Balaban J connectivity index is 1.85. The maximum absolute atomic E-state index is 12.8. The molecular formula is C19H29ClN4O4S. The molecule has 1 fully saturated rings. The van der Waals surface area contributed by atoms with Gasteiger partial charge in [-0.25, -0.2) is 17.9 Å². The highest BCUT2D eigenvalue weighted by atomic mass is 35.5. The predicted octanol–water partition coefficient (Wildman–Crippen LogP) is 2.81. The summed E-state index contributed by atoms with van der Waals surface area (Å²) < 4.78 is 24.3. The molecule has 3 N–H and O–H groups in total. The van der Waals surface area contributed by atoms with Gasteiger partial charge in [0.1, 0.15) is 0 Å². The molecule has 0 atom stereocenters. The van der Waals surface area contributed by atoms with E-state index in [9.17, 15) is 18.0 Å². The number of benzene rings is 1. The molecule has 0 heterocycles. The van der Waals surface area contributed by atoms with Gasteiger partial charge >= 0.3 is 6.03 Å². The lowest BCUT2D eigenvalue weighted by atomic mass is 9.94. The second-order valence-electron chi connectivity index (χ2n) is 7.30. The third kappa shape index (κ3) is 7.83. The fourth-order valence-corrected chi connectivity index (χ4v) is 4.09. The number of rotatable bonds is 8. The number of carbonyl (C=O) groups excluding carboxylic acids is 2. The van der Waals surface area contributed by atoms with Crippen LogP contribution >= 0.6 is 11.6 Å². The maximum atomic E-state index is 12.8. The van der Waals surface area contributed by atoms with Crippen LogP contribution in [-0.4, -0.2) is 57.7 Å². The van der Waals surface area contributed by atoms with Gasteiger partial charge in [0.25, 0.3) is 5.91 Å². The molecule has 0 saturated heterocycles. The van der Waals surface area contributed by atoms with E-state index in [4.69, 9.17) is 11.6 Å². The molecule has 8 nitrogen and oxygen atoms in total. The average Bonchev–Trinajstić information content (AvgIpc) is 2.66. The number of urea groups is 1. The average molecular weight is 445 g/mol. The number of carbonyl (C=O) groups is 2. The molecule has 1 aromatic carbocycles. The number of anilines is 1. The minimum atomic E-state index is -3.23. The van der Waals surface area contributed by atoms with Crippen LogP contribution in [0.3, 0.4) is 0 Å². The Morgan fingerprint density at radius 1 is 1.17 bits per heavy atom. The molecule has 0 radical (unpaired) electrons. The summed E-state index contributed by atoms with van der Waals surface area (Å²) in [4.78, 5) is 26.5. The largest absolute Gasteiger partial charge is 0.339 e. The molecule has 0 bridgehead atoms. The molecule has 29 heavy (non-hydrogen) atoms. The molecule has 0 unspecified atom stereocenters. The van der Waals surface area contributed by atoms with E-state index in [0.29, 0.717) is 24.2 Å². The standard InChI is InChI=1S/C19H29ClN4O4S/c1-24(15-7-4-3-5-8-15)18(25)16-10-9-14(13-17(16)20)23-19(26)21-11-6-12-22-29(2,27)28/h9-10,13,15,22H,3-8,11-12H2,1-2H3,(H2,21,23,26). The highest BCUT2D eigenvalue weighted by Gasteiger charge is 2.24. The van der Waals surface area contributed by atoms with Crippen molar-refractivity contribution in [3.8, 4) is 0 Å². The highest BCUT2D eigenvalue weighted by molar-refractivity contribution is 7.88. The van der Waals surface area contributed by atoms with E-state index in [1.165, 1.54) is 6.42 Å². The highest BCUT2D eigenvalue weighted by Crippen LogP contribution is 2.26. The topological polar surface area (TPSA) is 108 Å². The van der Waals surface area contributed by atoms with Crippen molar-refractivity contribution in [1.82, 2.24) is 14.9 Å². The zero-order valence-corrected chi connectivity index (χ0v) is 18.4. The van der Waals surface area contributed by atoms with E-state index in [-0.39, 0.29) is 23.5 Å². The minimum Gasteiger partial charge on any atom is -0.339 e. The Morgan fingerprint density at radius 2 is 1.86 bits per heavy atom. The summed E-state index contributed by atoms with van der Waals surface area (Å²) >= 11 is 6.29. The van der Waals surface area contributed by atoms with Crippen LogP contribution in [0.25, 0.3) is 0 Å². The van der Waals surface area contributed by atoms with Crippen molar-refractivity contribution in [1.29, 1.82) is 0 Å². The Kier molecular flexibility index (Phi) is 8.73. The summed E-state index contributed by atoms with van der Waals surface area (Å²) in [7, 11) is -1.41. The molecular weight excluding hydrogens is 416 g/mol. The molecule has 1 aromatic rings. The number of nitrogens with one attached hydrogen (secondary N) is 3. The number of nitrogens with zero attached hydrogens (tertiary/aromatic N) is 1. The van der Waals surface area contributed by atoms with E-state index in [2.05, 4.69) is 15.4 Å². The quantitative estimate of drug-likeness (QED) is 0.536. The Hall–Kier alpha value is -1.84. The molecule has 0 aromatic heterocycles. The number of sulfonamides is 1. The molecule has 0 spiro atoms. The van der Waals surface area contributed by atoms with Crippen molar-refractivity contribution in [2.75, 3.05) is 31.7 Å². The van der Waals surface area contributed by atoms with Gasteiger partial charge in [-0.05, 0) is 37.5 Å². The third-order valence-corrected chi connectivity index (χ3v) is 5.94. The third-order valence-electron chi connectivity index (χ3n) is 4.90. The van der Waals surface area contributed by atoms with Gasteiger partial charge in [0.2, 0.25) is 10.0 Å². The summed E-state index contributed by atoms with van der Waals surface area (Å²) in [5.41, 5.74) is 0.885. The second kappa shape index (κ2) is 10.8. The Bertz CT molecular complexity index is 825. The molecule has 2 rings (SSSR count). The lowest BCUT2D eigenvalue weighted by Crippen LogP contribution is -2.38. The molecule has 3 amide bonds. The number of amides is 3. The van der Waals surface area contributed by atoms with Crippen LogP contribution in [0.15, 0.2) is 18.2 Å². The van der Waals surface area contributed by atoms with Crippen molar-refractivity contribution in [3.05, 3.63) is 28.8 Å². The maximum Gasteiger partial charge on any atom is 0.319 e. The summed E-state index contributed by atoms with van der Waals surface area (Å²) in [5, 5.41) is 5.57. The zero-order chi connectivity index (χ0) is 21.4. The summed E-state index contributed by atoms with van der Waals surface area (Å²) in [5.74, 6) is -0.115. The van der Waals surface area contributed by atoms with Crippen LogP contribution in [-0.2, 0) is 10.0 Å².